The first-order valence-electron chi connectivity index (χ1n) is 9.69. The van der Waals surface area contributed by atoms with Gasteiger partial charge in [-0.3, -0.25) is 10.1 Å². The molecule has 0 amide bonds. The molecule has 0 spiro atoms. The zero-order chi connectivity index (χ0) is 17.4. The monoisotopic (exact) mass is 340 g/mol. The summed E-state index contributed by atoms with van der Waals surface area (Å²) in [4.78, 5) is 16.3. The number of carbonyl (C=O) groups is 1. The van der Waals surface area contributed by atoms with E-state index in [1.54, 1.807) is 0 Å². The number of benzene rings is 1. The fourth-order valence-corrected chi connectivity index (χ4v) is 4.57. The summed E-state index contributed by atoms with van der Waals surface area (Å²) < 4.78 is 5.52. The van der Waals surface area contributed by atoms with Crippen LogP contribution >= 0.6 is 0 Å². The van der Waals surface area contributed by atoms with Gasteiger partial charge in [-0.1, -0.05) is 37.5 Å². The number of aromatic amines is 1. The largest absolute Gasteiger partial charge is 0.462 e. The topological polar surface area (TPSA) is 54.1 Å². The first kappa shape index (κ1) is 16.6. The second-order valence-corrected chi connectivity index (χ2v) is 7.85. The summed E-state index contributed by atoms with van der Waals surface area (Å²) >= 11 is 0. The van der Waals surface area contributed by atoms with E-state index in [2.05, 4.69) is 34.6 Å². The van der Waals surface area contributed by atoms with Crippen LogP contribution in [0.2, 0.25) is 0 Å². The third-order valence-corrected chi connectivity index (χ3v) is 5.70. The first-order valence-corrected chi connectivity index (χ1v) is 9.69. The van der Waals surface area contributed by atoms with Gasteiger partial charge in [-0.2, -0.15) is 0 Å². The van der Waals surface area contributed by atoms with Crippen molar-refractivity contribution in [3.63, 3.8) is 0 Å². The van der Waals surface area contributed by atoms with Gasteiger partial charge in [-0.25, -0.2) is 0 Å². The predicted octanol–water partition coefficient (Wildman–Crippen LogP) is 4.26. The van der Waals surface area contributed by atoms with Crippen molar-refractivity contribution < 1.29 is 9.53 Å². The van der Waals surface area contributed by atoms with Crippen molar-refractivity contribution in [2.24, 2.45) is 5.92 Å². The maximum atomic E-state index is 12.6. The number of hydrogen-bond donors (Lipinski definition) is 2. The summed E-state index contributed by atoms with van der Waals surface area (Å²) in [7, 11) is 0. The van der Waals surface area contributed by atoms with Crippen molar-refractivity contribution >= 4 is 16.9 Å². The van der Waals surface area contributed by atoms with E-state index in [1.807, 2.05) is 13.8 Å². The highest BCUT2D eigenvalue weighted by molar-refractivity contribution is 5.87. The van der Waals surface area contributed by atoms with Crippen LogP contribution in [0, 0.1) is 5.92 Å². The average Bonchev–Trinajstić information content (AvgIpc) is 3.00. The Morgan fingerprint density at radius 2 is 1.92 bits per heavy atom. The molecular formula is C21H28N2O2. The van der Waals surface area contributed by atoms with Crippen molar-refractivity contribution in [1.29, 1.82) is 0 Å². The van der Waals surface area contributed by atoms with Gasteiger partial charge in [0.25, 0.3) is 0 Å². The van der Waals surface area contributed by atoms with Crippen molar-refractivity contribution in [2.45, 2.75) is 70.6 Å². The molecule has 0 saturated heterocycles. The van der Waals surface area contributed by atoms with E-state index in [-0.39, 0.29) is 24.2 Å². The van der Waals surface area contributed by atoms with Crippen LogP contribution in [-0.2, 0) is 16.0 Å². The number of rotatable bonds is 3. The molecule has 2 N–H and O–H groups in total. The molecule has 1 fully saturated rings. The van der Waals surface area contributed by atoms with Crippen molar-refractivity contribution in [1.82, 2.24) is 10.3 Å². The lowest BCUT2D eigenvalue weighted by atomic mass is 9.79. The number of para-hydroxylation sites is 1. The van der Waals surface area contributed by atoms with Gasteiger partial charge < -0.3 is 9.72 Å². The third kappa shape index (κ3) is 3.20. The number of fused-ring (bicyclic) bond motifs is 3. The Balaban J connectivity index is 1.71. The summed E-state index contributed by atoms with van der Waals surface area (Å²) in [6.07, 6.45) is 7.01. The lowest BCUT2D eigenvalue weighted by Crippen LogP contribution is -2.48. The molecule has 1 aliphatic carbocycles. The average molecular weight is 340 g/mol. The molecule has 2 aromatic rings. The number of nitrogens with one attached hydrogen (secondary N) is 2. The van der Waals surface area contributed by atoms with E-state index < -0.39 is 0 Å². The molecule has 1 saturated carbocycles. The lowest BCUT2D eigenvalue weighted by Gasteiger charge is -2.37. The maximum Gasteiger partial charge on any atom is 0.323 e. The van der Waals surface area contributed by atoms with Gasteiger partial charge in [0, 0.05) is 23.0 Å². The van der Waals surface area contributed by atoms with Gasteiger partial charge in [-0.05, 0) is 44.2 Å². The van der Waals surface area contributed by atoms with E-state index in [4.69, 9.17) is 4.74 Å². The first-order chi connectivity index (χ1) is 12.1. The molecule has 4 heteroatoms. The molecule has 0 radical (unpaired) electrons. The van der Waals surface area contributed by atoms with Crippen LogP contribution < -0.4 is 5.32 Å². The predicted molar refractivity (Wildman–Crippen MR) is 99.5 cm³/mol. The van der Waals surface area contributed by atoms with Gasteiger partial charge in [0.15, 0.2) is 0 Å². The van der Waals surface area contributed by atoms with Gasteiger partial charge >= 0.3 is 5.97 Å². The highest BCUT2D eigenvalue weighted by atomic mass is 16.5. The smallest absolute Gasteiger partial charge is 0.323 e. The molecule has 2 heterocycles. The molecular weight excluding hydrogens is 312 g/mol. The third-order valence-electron chi connectivity index (χ3n) is 5.70. The Bertz CT molecular complexity index is 758. The molecule has 1 aromatic heterocycles. The minimum Gasteiger partial charge on any atom is -0.462 e. The normalized spacial score (nSPS) is 24.4. The Morgan fingerprint density at radius 1 is 1.16 bits per heavy atom. The number of H-pyrrole nitrogens is 1. The van der Waals surface area contributed by atoms with Crippen molar-refractivity contribution in [2.75, 3.05) is 0 Å². The van der Waals surface area contributed by atoms with E-state index >= 15 is 0 Å². The van der Waals surface area contributed by atoms with Crippen LogP contribution in [0.25, 0.3) is 10.9 Å². The number of esters is 1. The number of aromatic nitrogens is 1. The van der Waals surface area contributed by atoms with E-state index in [0.29, 0.717) is 12.3 Å². The summed E-state index contributed by atoms with van der Waals surface area (Å²) in [5.41, 5.74) is 3.77. The van der Waals surface area contributed by atoms with E-state index in [1.165, 1.54) is 54.3 Å². The van der Waals surface area contributed by atoms with Crippen LogP contribution in [0.5, 0.6) is 0 Å². The van der Waals surface area contributed by atoms with Gasteiger partial charge in [-0.15, -0.1) is 0 Å². The van der Waals surface area contributed by atoms with E-state index in [9.17, 15) is 4.79 Å². The van der Waals surface area contributed by atoms with Crippen LogP contribution in [0.4, 0.5) is 0 Å². The summed E-state index contributed by atoms with van der Waals surface area (Å²) in [5.74, 6) is 0.474. The highest BCUT2D eigenvalue weighted by Gasteiger charge is 2.38. The van der Waals surface area contributed by atoms with Crippen molar-refractivity contribution in [3.05, 3.63) is 35.5 Å². The number of hydrogen-bond acceptors (Lipinski definition) is 3. The summed E-state index contributed by atoms with van der Waals surface area (Å²) in [5, 5.41) is 4.89. The van der Waals surface area contributed by atoms with Gasteiger partial charge in [0.1, 0.15) is 6.04 Å². The standard InChI is InChI=1S/C21H28N2O2/c1-13(2)25-21(24)18-12-16-15-10-6-7-11-17(15)22-20(16)19(23-18)14-8-4-3-5-9-14/h6-7,10-11,13-14,18-19,22-23H,3-5,8-9,12H2,1-2H3/t18-,19-/m0/s1. The molecule has 25 heavy (non-hydrogen) atoms. The fourth-order valence-electron chi connectivity index (χ4n) is 4.57. The Morgan fingerprint density at radius 3 is 2.68 bits per heavy atom. The zero-order valence-electron chi connectivity index (χ0n) is 15.2. The Labute approximate surface area is 149 Å². The molecule has 4 nitrogen and oxygen atoms in total. The molecule has 2 atom stereocenters. The van der Waals surface area contributed by atoms with E-state index in [0.717, 1.165) is 0 Å². The quantitative estimate of drug-likeness (QED) is 0.821. The summed E-state index contributed by atoms with van der Waals surface area (Å²) in [6.45, 7) is 3.83. The highest BCUT2D eigenvalue weighted by Crippen LogP contribution is 2.40. The molecule has 2 aliphatic rings. The minimum absolute atomic E-state index is 0.0770. The number of carbonyl (C=O) groups excluding carboxylic acids is 1. The minimum atomic E-state index is -0.249. The molecule has 1 aromatic carbocycles. The van der Waals surface area contributed by atoms with Crippen LogP contribution in [0.1, 0.15) is 63.3 Å². The fraction of sp³-hybridized carbons (Fsp3) is 0.571. The number of ether oxygens (including phenoxy) is 1. The Hall–Kier alpha value is -1.81. The molecule has 1 aliphatic heterocycles. The lowest BCUT2D eigenvalue weighted by molar-refractivity contribution is -0.150. The van der Waals surface area contributed by atoms with Gasteiger partial charge in [0.05, 0.1) is 12.1 Å². The van der Waals surface area contributed by atoms with Gasteiger partial charge in [0.2, 0.25) is 0 Å². The second-order valence-electron chi connectivity index (χ2n) is 7.85. The van der Waals surface area contributed by atoms with Crippen molar-refractivity contribution in [3.8, 4) is 0 Å². The molecule has 4 rings (SSSR count). The molecule has 134 valence electrons. The molecule has 0 unspecified atom stereocenters. The molecule has 0 bridgehead atoms. The van der Waals surface area contributed by atoms with Crippen LogP contribution in [0.3, 0.4) is 0 Å². The Kier molecular flexibility index (Phi) is 4.55. The maximum absolute atomic E-state index is 12.6. The SMILES string of the molecule is CC(C)OC(=O)[C@@H]1Cc2c([nH]c3ccccc23)[C@H](C2CCCCC2)N1. The van der Waals surface area contributed by atoms with Crippen LogP contribution in [0.15, 0.2) is 24.3 Å². The van der Waals surface area contributed by atoms with Crippen LogP contribution in [-0.4, -0.2) is 23.1 Å². The zero-order valence-corrected chi connectivity index (χ0v) is 15.2. The summed E-state index contributed by atoms with van der Waals surface area (Å²) in [6, 6.07) is 8.42. The second kappa shape index (κ2) is 6.83.